The van der Waals surface area contributed by atoms with Gasteiger partial charge in [0.2, 0.25) is 0 Å². The molecule has 3 rings (SSSR count). The highest BCUT2D eigenvalue weighted by Crippen LogP contribution is 2.33. The van der Waals surface area contributed by atoms with Crippen molar-refractivity contribution in [3.05, 3.63) is 59.0 Å². The predicted octanol–water partition coefficient (Wildman–Crippen LogP) is 3.07. The normalized spacial score (nSPS) is 10.5. The largest absolute Gasteiger partial charge is 0.495 e. The summed E-state index contributed by atoms with van der Waals surface area (Å²) in [5.74, 6) is 0.971. The summed E-state index contributed by atoms with van der Waals surface area (Å²) < 4.78 is 7.16. The summed E-state index contributed by atoms with van der Waals surface area (Å²) >= 11 is 0. The maximum Gasteiger partial charge on any atom is 0.153 e. The first-order chi connectivity index (χ1) is 12.0. The summed E-state index contributed by atoms with van der Waals surface area (Å²) in [6, 6.07) is 11.5. The van der Waals surface area contributed by atoms with E-state index < -0.39 is 0 Å². The lowest BCUT2D eigenvalue weighted by molar-refractivity contribution is 0.413. The van der Waals surface area contributed by atoms with Gasteiger partial charge in [-0.2, -0.15) is 10.4 Å². The molecule has 1 aromatic carbocycles. The fourth-order valence-corrected chi connectivity index (χ4v) is 2.78. The molecule has 25 heavy (non-hydrogen) atoms. The summed E-state index contributed by atoms with van der Waals surface area (Å²) in [5.41, 5.74) is 11.4. The third kappa shape index (κ3) is 3.17. The highest BCUT2D eigenvalue weighted by atomic mass is 16.5. The van der Waals surface area contributed by atoms with Crippen LogP contribution in [-0.4, -0.2) is 21.9 Å². The van der Waals surface area contributed by atoms with Crippen molar-refractivity contribution in [3.8, 4) is 22.9 Å². The number of rotatable bonds is 4. The van der Waals surface area contributed by atoms with E-state index in [1.807, 2.05) is 49.0 Å². The Morgan fingerprint density at radius 3 is 2.68 bits per heavy atom. The van der Waals surface area contributed by atoms with Crippen LogP contribution in [0.15, 0.2) is 36.5 Å². The standard InChI is InChI=1S/C19H19N5O/c1-12-4-5-14(10-22-12)11-24-13(2)18(19(21)23-24)15-6-7-16(9-20)17(8-15)25-3/h4-8,10H,11H2,1-3H3,(H2,21,23). The molecule has 0 fully saturated rings. The van der Waals surface area contributed by atoms with E-state index >= 15 is 0 Å². The fraction of sp³-hybridized carbons (Fsp3) is 0.211. The first-order valence-corrected chi connectivity index (χ1v) is 7.86. The minimum absolute atomic E-state index is 0.448. The molecule has 0 aliphatic carbocycles. The molecule has 0 aliphatic heterocycles. The molecule has 0 unspecified atom stereocenters. The Morgan fingerprint density at radius 2 is 2.04 bits per heavy atom. The van der Waals surface area contributed by atoms with Gasteiger partial charge in [-0.05, 0) is 43.2 Å². The van der Waals surface area contributed by atoms with Gasteiger partial charge in [0.05, 0.1) is 19.2 Å². The van der Waals surface area contributed by atoms with Crippen LogP contribution in [0.1, 0.15) is 22.5 Å². The molecule has 0 spiro atoms. The summed E-state index contributed by atoms with van der Waals surface area (Å²) in [5, 5.41) is 13.6. The molecule has 2 aromatic heterocycles. The van der Waals surface area contributed by atoms with Gasteiger partial charge in [-0.3, -0.25) is 9.67 Å². The number of ether oxygens (including phenoxy) is 1. The van der Waals surface area contributed by atoms with Gasteiger partial charge in [-0.25, -0.2) is 0 Å². The van der Waals surface area contributed by atoms with Gasteiger partial charge < -0.3 is 10.5 Å². The number of nitriles is 1. The first kappa shape index (κ1) is 16.5. The van der Waals surface area contributed by atoms with E-state index in [2.05, 4.69) is 16.2 Å². The Balaban J connectivity index is 2.00. The van der Waals surface area contributed by atoms with Crippen LogP contribution in [0.5, 0.6) is 5.75 Å². The van der Waals surface area contributed by atoms with Crippen molar-refractivity contribution in [2.75, 3.05) is 12.8 Å². The Hall–Kier alpha value is -3.33. The van der Waals surface area contributed by atoms with E-state index in [9.17, 15) is 0 Å². The summed E-state index contributed by atoms with van der Waals surface area (Å²) in [6.45, 7) is 4.53. The van der Waals surface area contributed by atoms with Gasteiger partial charge in [0.15, 0.2) is 5.82 Å². The number of nitrogen functional groups attached to an aromatic ring is 1. The molecule has 0 saturated heterocycles. The third-order valence-corrected chi connectivity index (χ3v) is 4.15. The Bertz CT molecular complexity index is 951. The van der Waals surface area contributed by atoms with E-state index in [0.717, 1.165) is 28.1 Å². The van der Waals surface area contributed by atoms with Crippen LogP contribution in [0.4, 0.5) is 5.82 Å². The molecule has 0 aliphatic rings. The zero-order valence-electron chi connectivity index (χ0n) is 14.4. The molecule has 0 radical (unpaired) electrons. The maximum atomic E-state index is 9.13. The second-order valence-corrected chi connectivity index (χ2v) is 5.84. The van der Waals surface area contributed by atoms with E-state index in [4.69, 9.17) is 15.7 Å². The molecule has 6 nitrogen and oxygen atoms in total. The molecule has 6 heteroatoms. The number of aromatic nitrogens is 3. The zero-order valence-corrected chi connectivity index (χ0v) is 14.4. The first-order valence-electron chi connectivity index (χ1n) is 7.86. The van der Waals surface area contributed by atoms with Crippen LogP contribution in [0.25, 0.3) is 11.1 Å². The SMILES string of the molecule is COc1cc(-c2c(N)nn(Cc3ccc(C)nc3)c2C)ccc1C#N. The number of nitrogens with two attached hydrogens (primary N) is 1. The number of nitrogens with zero attached hydrogens (tertiary/aromatic N) is 4. The molecule has 126 valence electrons. The smallest absolute Gasteiger partial charge is 0.153 e. The quantitative estimate of drug-likeness (QED) is 0.792. The molecule has 0 saturated carbocycles. The van der Waals surface area contributed by atoms with Crippen LogP contribution in [0.2, 0.25) is 0 Å². The summed E-state index contributed by atoms with van der Waals surface area (Å²) in [7, 11) is 1.55. The van der Waals surface area contributed by atoms with E-state index in [0.29, 0.717) is 23.7 Å². The number of aryl methyl sites for hydroxylation is 1. The van der Waals surface area contributed by atoms with Gasteiger partial charge >= 0.3 is 0 Å². The minimum Gasteiger partial charge on any atom is -0.495 e. The van der Waals surface area contributed by atoms with E-state index in [1.54, 1.807) is 13.2 Å². The van der Waals surface area contributed by atoms with Crippen molar-refractivity contribution in [2.24, 2.45) is 0 Å². The van der Waals surface area contributed by atoms with Gasteiger partial charge in [0, 0.05) is 23.1 Å². The van der Waals surface area contributed by atoms with Crippen molar-refractivity contribution < 1.29 is 4.74 Å². The fourth-order valence-electron chi connectivity index (χ4n) is 2.78. The predicted molar refractivity (Wildman–Crippen MR) is 96.2 cm³/mol. The average molecular weight is 333 g/mol. The Kier molecular flexibility index (Phi) is 4.40. The van der Waals surface area contributed by atoms with Crippen LogP contribution in [0, 0.1) is 25.2 Å². The van der Waals surface area contributed by atoms with Crippen molar-refractivity contribution in [2.45, 2.75) is 20.4 Å². The molecule has 0 bridgehead atoms. The average Bonchev–Trinajstić information content (AvgIpc) is 2.90. The van der Waals surface area contributed by atoms with Crippen LogP contribution in [0.3, 0.4) is 0 Å². The van der Waals surface area contributed by atoms with Gasteiger partial charge in [-0.15, -0.1) is 0 Å². The second kappa shape index (κ2) is 6.65. The second-order valence-electron chi connectivity index (χ2n) is 5.84. The Labute approximate surface area is 146 Å². The summed E-state index contributed by atoms with van der Waals surface area (Å²) in [6.07, 6.45) is 1.84. The lowest BCUT2D eigenvalue weighted by Gasteiger charge is -2.08. The van der Waals surface area contributed by atoms with Crippen LogP contribution in [-0.2, 0) is 6.54 Å². The number of benzene rings is 1. The van der Waals surface area contributed by atoms with E-state index in [1.165, 1.54) is 0 Å². The number of hydrogen-bond acceptors (Lipinski definition) is 5. The lowest BCUT2D eigenvalue weighted by atomic mass is 10.0. The van der Waals surface area contributed by atoms with Crippen LogP contribution >= 0.6 is 0 Å². The molecule has 0 amide bonds. The number of anilines is 1. The molecular weight excluding hydrogens is 314 g/mol. The van der Waals surface area contributed by atoms with Crippen LogP contribution < -0.4 is 10.5 Å². The summed E-state index contributed by atoms with van der Waals surface area (Å²) in [4.78, 5) is 4.31. The van der Waals surface area contributed by atoms with Crippen molar-refractivity contribution in [1.29, 1.82) is 5.26 Å². The lowest BCUT2D eigenvalue weighted by Crippen LogP contribution is -2.04. The Morgan fingerprint density at radius 1 is 1.24 bits per heavy atom. The highest BCUT2D eigenvalue weighted by molar-refractivity contribution is 5.78. The monoisotopic (exact) mass is 333 g/mol. The van der Waals surface area contributed by atoms with E-state index in [-0.39, 0.29) is 0 Å². The molecule has 0 atom stereocenters. The molecule has 3 aromatic rings. The van der Waals surface area contributed by atoms with Crippen molar-refractivity contribution >= 4 is 5.82 Å². The van der Waals surface area contributed by atoms with Gasteiger partial charge in [0.25, 0.3) is 0 Å². The minimum atomic E-state index is 0.448. The highest BCUT2D eigenvalue weighted by Gasteiger charge is 2.16. The van der Waals surface area contributed by atoms with Gasteiger partial charge in [-0.1, -0.05) is 12.1 Å². The molecule has 2 N–H and O–H groups in total. The third-order valence-electron chi connectivity index (χ3n) is 4.15. The maximum absolute atomic E-state index is 9.13. The molecule has 2 heterocycles. The number of pyridine rings is 1. The zero-order chi connectivity index (χ0) is 18.0. The van der Waals surface area contributed by atoms with Crippen molar-refractivity contribution in [1.82, 2.24) is 14.8 Å². The molecular formula is C19H19N5O. The topological polar surface area (TPSA) is 89.8 Å². The van der Waals surface area contributed by atoms with Gasteiger partial charge in [0.1, 0.15) is 11.8 Å². The number of hydrogen-bond donors (Lipinski definition) is 1. The number of methoxy groups -OCH3 is 1. The van der Waals surface area contributed by atoms with Crippen molar-refractivity contribution in [3.63, 3.8) is 0 Å².